The third kappa shape index (κ3) is 5.81. The van der Waals surface area contributed by atoms with E-state index in [0.29, 0.717) is 0 Å². The van der Waals surface area contributed by atoms with E-state index in [1.807, 2.05) is 24.3 Å². The van der Waals surface area contributed by atoms with Gasteiger partial charge in [-0.1, -0.05) is 48.8 Å². The molecule has 0 saturated heterocycles. The summed E-state index contributed by atoms with van der Waals surface area (Å²) in [6.45, 7) is 5.31. The van der Waals surface area contributed by atoms with Crippen molar-refractivity contribution >= 4 is 33.9 Å². The van der Waals surface area contributed by atoms with Crippen molar-refractivity contribution in [2.75, 3.05) is 7.11 Å². The molecule has 1 aromatic carbocycles. The SMILES string of the molecule is COC(=O)C(=CC(=O)C(C)(C)C)NN=Cc1ccc(Br)cc1. The summed E-state index contributed by atoms with van der Waals surface area (Å²) >= 11 is 3.34. The number of allylic oxidation sites excluding steroid dienone is 1. The topological polar surface area (TPSA) is 67.8 Å². The lowest BCUT2D eigenvalue weighted by Gasteiger charge is -2.14. The molecule has 1 aromatic rings. The minimum absolute atomic E-state index is 0.00390. The van der Waals surface area contributed by atoms with E-state index in [1.165, 1.54) is 13.2 Å². The number of ether oxygens (including phenoxy) is 1. The first-order valence-electron chi connectivity index (χ1n) is 6.63. The zero-order valence-electron chi connectivity index (χ0n) is 13.0. The number of carbonyl (C=O) groups is 2. The number of nitrogens with zero attached hydrogens (tertiary/aromatic N) is 1. The van der Waals surface area contributed by atoms with Gasteiger partial charge in [-0.3, -0.25) is 10.2 Å². The normalized spacial score (nSPS) is 12.3. The first-order valence-corrected chi connectivity index (χ1v) is 7.42. The largest absolute Gasteiger partial charge is 0.464 e. The van der Waals surface area contributed by atoms with Crippen molar-refractivity contribution in [3.8, 4) is 0 Å². The van der Waals surface area contributed by atoms with Crippen LogP contribution in [0.25, 0.3) is 0 Å². The predicted molar refractivity (Wildman–Crippen MR) is 89.4 cm³/mol. The van der Waals surface area contributed by atoms with E-state index >= 15 is 0 Å². The molecule has 0 heterocycles. The lowest BCUT2D eigenvalue weighted by molar-refractivity contribution is -0.137. The smallest absolute Gasteiger partial charge is 0.356 e. The fourth-order valence-corrected chi connectivity index (χ4v) is 1.58. The van der Waals surface area contributed by atoms with Crippen LogP contribution in [-0.2, 0) is 14.3 Å². The van der Waals surface area contributed by atoms with Gasteiger partial charge < -0.3 is 4.74 Å². The average Bonchev–Trinajstić information content (AvgIpc) is 2.46. The monoisotopic (exact) mass is 366 g/mol. The zero-order valence-corrected chi connectivity index (χ0v) is 14.6. The number of carbonyl (C=O) groups excluding carboxylic acids is 2. The number of hydrogen-bond donors (Lipinski definition) is 1. The van der Waals surface area contributed by atoms with Crippen LogP contribution in [0.2, 0.25) is 0 Å². The second-order valence-corrected chi connectivity index (χ2v) is 6.50. The number of hydrogen-bond acceptors (Lipinski definition) is 5. The van der Waals surface area contributed by atoms with Gasteiger partial charge in [0.05, 0.1) is 13.3 Å². The molecule has 118 valence electrons. The summed E-state index contributed by atoms with van der Waals surface area (Å²) < 4.78 is 5.60. The van der Waals surface area contributed by atoms with E-state index in [0.717, 1.165) is 10.0 Å². The van der Waals surface area contributed by atoms with E-state index in [1.54, 1.807) is 27.0 Å². The summed E-state index contributed by atoms with van der Waals surface area (Å²) in [5.74, 6) is -0.843. The lowest BCUT2D eigenvalue weighted by Crippen LogP contribution is -2.23. The fourth-order valence-electron chi connectivity index (χ4n) is 1.32. The molecule has 1 N–H and O–H groups in total. The Balaban J connectivity index is 2.86. The number of nitrogens with one attached hydrogen (secondary N) is 1. The minimum atomic E-state index is -0.648. The number of hydrazone groups is 1. The molecule has 0 saturated carbocycles. The first-order chi connectivity index (χ1) is 10.2. The van der Waals surface area contributed by atoms with Crippen LogP contribution >= 0.6 is 15.9 Å². The van der Waals surface area contributed by atoms with Crippen LogP contribution in [-0.4, -0.2) is 25.1 Å². The van der Waals surface area contributed by atoms with Gasteiger partial charge in [0.2, 0.25) is 0 Å². The van der Waals surface area contributed by atoms with Gasteiger partial charge in [-0.25, -0.2) is 4.79 Å². The Labute approximate surface area is 138 Å². The highest BCUT2D eigenvalue weighted by Crippen LogP contribution is 2.16. The molecule has 0 aliphatic heterocycles. The highest BCUT2D eigenvalue weighted by atomic mass is 79.9. The van der Waals surface area contributed by atoms with Crippen LogP contribution in [0.5, 0.6) is 0 Å². The third-order valence-electron chi connectivity index (χ3n) is 2.69. The van der Waals surface area contributed by atoms with Gasteiger partial charge >= 0.3 is 5.97 Å². The van der Waals surface area contributed by atoms with Gasteiger partial charge in [-0.2, -0.15) is 5.10 Å². The summed E-state index contributed by atoms with van der Waals surface area (Å²) in [4.78, 5) is 23.7. The lowest BCUT2D eigenvalue weighted by atomic mass is 9.90. The number of ketones is 1. The van der Waals surface area contributed by atoms with Gasteiger partial charge in [-0.05, 0) is 17.7 Å². The molecule has 0 radical (unpaired) electrons. The van der Waals surface area contributed by atoms with Crippen LogP contribution in [0.3, 0.4) is 0 Å². The Morgan fingerprint density at radius 3 is 2.32 bits per heavy atom. The zero-order chi connectivity index (χ0) is 16.8. The molecule has 22 heavy (non-hydrogen) atoms. The number of halogens is 1. The molecule has 0 atom stereocenters. The van der Waals surface area contributed by atoms with Crippen LogP contribution < -0.4 is 5.43 Å². The number of benzene rings is 1. The summed E-state index contributed by atoms with van der Waals surface area (Å²) in [5, 5.41) is 3.96. The summed E-state index contributed by atoms with van der Waals surface area (Å²) in [6, 6.07) is 7.47. The second-order valence-electron chi connectivity index (χ2n) is 5.59. The maximum atomic E-state index is 12.0. The Morgan fingerprint density at radius 1 is 1.23 bits per heavy atom. The van der Waals surface area contributed by atoms with E-state index in [9.17, 15) is 9.59 Å². The van der Waals surface area contributed by atoms with Crippen LogP contribution in [0, 0.1) is 5.41 Å². The molecule has 0 bridgehead atoms. The second kappa shape index (κ2) is 7.89. The Morgan fingerprint density at radius 2 is 1.82 bits per heavy atom. The molecular weight excluding hydrogens is 348 g/mol. The van der Waals surface area contributed by atoms with E-state index in [-0.39, 0.29) is 11.5 Å². The van der Waals surface area contributed by atoms with Crippen molar-refractivity contribution in [2.24, 2.45) is 10.5 Å². The highest BCUT2D eigenvalue weighted by Gasteiger charge is 2.21. The summed E-state index contributed by atoms with van der Waals surface area (Å²) in [5.41, 5.74) is 2.82. The van der Waals surface area contributed by atoms with E-state index in [4.69, 9.17) is 0 Å². The number of rotatable bonds is 5. The van der Waals surface area contributed by atoms with Crippen molar-refractivity contribution in [3.63, 3.8) is 0 Å². The molecular formula is C16H19BrN2O3. The van der Waals surface area contributed by atoms with Gasteiger partial charge in [0.1, 0.15) is 5.70 Å². The Bertz CT molecular complexity index is 599. The van der Waals surface area contributed by atoms with Gasteiger partial charge in [0, 0.05) is 16.0 Å². The average molecular weight is 367 g/mol. The number of esters is 1. The standard InChI is InChI=1S/C16H19BrN2O3/c1-16(2,3)14(20)9-13(15(21)22-4)19-18-10-11-5-7-12(17)8-6-11/h5-10,19H,1-4H3. The highest BCUT2D eigenvalue weighted by molar-refractivity contribution is 9.10. The van der Waals surface area contributed by atoms with Crippen molar-refractivity contribution in [3.05, 3.63) is 46.1 Å². The van der Waals surface area contributed by atoms with E-state index in [2.05, 4.69) is 31.2 Å². The fraction of sp³-hybridized carbons (Fsp3) is 0.312. The van der Waals surface area contributed by atoms with E-state index < -0.39 is 11.4 Å². The molecule has 0 fully saturated rings. The van der Waals surface area contributed by atoms with Crippen LogP contribution in [0.1, 0.15) is 26.3 Å². The molecule has 0 aliphatic carbocycles. The molecule has 6 heteroatoms. The van der Waals surface area contributed by atoms with Crippen molar-refractivity contribution in [2.45, 2.75) is 20.8 Å². The van der Waals surface area contributed by atoms with Crippen LogP contribution in [0.4, 0.5) is 0 Å². The summed E-state index contributed by atoms with van der Waals surface area (Å²) in [7, 11) is 1.25. The van der Waals surface area contributed by atoms with Crippen molar-refractivity contribution in [1.29, 1.82) is 0 Å². The van der Waals surface area contributed by atoms with Crippen molar-refractivity contribution in [1.82, 2.24) is 5.43 Å². The van der Waals surface area contributed by atoms with Gasteiger partial charge in [0.15, 0.2) is 5.78 Å². The Hall–Kier alpha value is -1.95. The van der Waals surface area contributed by atoms with Crippen molar-refractivity contribution < 1.29 is 14.3 Å². The molecule has 0 unspecified atom stereocenters. The Kier molecular flexibility index (Phi) is 6.49. The quantitative estimate of drug-likeness (QED) is 0.376. The van der Waals surface area contributed by atoms with Gasteiger partial charge in [-0.15, -0.1) is 0 Å². The molecule has 0 spiro atoms. The molecule has 0 amide bonds. The maximum absolute atomic E-state index is 12.0. The molecule has 0 aromatic heterocycles. The number of methoxy groups -OCH3 is 1. The maximum Gasteiger partial charge on any atom is 0.356 e. The molecule has 5 nitrogen and oxygen atoms in total. The molecule has 1 rings (SSSR count). The summed E-state index contributed by atoms with van der Waals surface area (Å²) in [6.07, 6.45) is 2.76. The molecule has 0 aliphatic rings. The minimum Gasteiger partial charge on any atom is -0.464 e. The first kappa shape index (κ1) is 18.1. The van der Waals surface area contributed by atoms with Crippen LogP contribution in [0.15, 0.2) is 45.6 Å². The predicted octanol–water partition coefficient (Wildman–Crippen LogP) is 3.04. The van der Waals surface area contributed by atoms with Gasteiger partial charge in [0.25, 0.3) is 0 Å². The third-order valence-corrected chi connectivity index (χ3v) is 3.22.